The van der Waals surface area contributed by atoms with Gasteiger partial charge >= 0.3 is 6.18 Å². The summed E-state index contributed by atoms with van der Waals surface area (Å²) in [7, 11) is 1.56. The van der Waals surface area contributed by atoms with E-state index < -0.39 is 18.3 Å². The summed E-state index contributed by atoms with van der Waals surface area (Å²) in [6.45, 7) is 0.146. The number of nitrogens with one attached hydrogen (secondary N) is 1. The molecule has 1 aromatic carbocycles. The first-order valence-electron chi connectivity index (χ1n) is 6.98. The van der Waals surface area contributed by atoms with Crippen molar-refractivity contribution < 1.29 is 22.6 Å². The molecule has 1 fully saturated rings. The van der Waals surface area contributed by atoms with Gasteiger partial charge in [-0.3, -0.25) is 0 Å². The molecule has 8 heteroatoms. The molecule has 0 spiro atoms. The summed E-state index contributed by atoms with van der Waals surface area (Å²) in [5.74, 6) is 1.09. The molecule has 23 heavy (non-hydrogen) atoms. The minimum Gasteiger partial charge on any atom is -0.497 e. The minimum absolute atomic E-state index is 0.119. The molecule has 3 rings (SSSR count). The molecule has 1 N–H and O–H groups in total. The maximum atomic E-state index is 12.7. The van der Waals surface area contributed by atoms with Crippen LogP contribution in [0.15, 0.2) is 28.9 Å². The summed E-state index contributed by atoms with van der Waals surface area (Å²) in [6, 6.07) is 5.61. The van der Waals surface area contributed by atoms with E-state index in [9.17, 15) is 13.2 Å². The van der Waals surface area contributed by atoms with Crippen molar-refractivity contribution in [3.63, 3.8) is 0 Å². The summed E-state index contributed by atoms with van der Waals surface area (Å²) in [6.07, 6.45) is -4.93. The van der Waals surface area contributed by atoms with Crippen LogP contribution in [-0.2, 0) is 0 Å². The zero-order valence-electron chi connectivity index (χ0n) is 12.2. The van der Waals surface area contributed by atoms with Crippen molar-refractivity contribution in [1.82, 2.24) is 10.3 Å². The first kappa shape index (κ1) is 16.3. The second-order valence-corrected chi connectivity index (χ2v) is 6.07. The average Bonchev–Trinajstić information content (AvgIpc) is 2.96. The van der Waals surface area contributed by atoms with E-state index in [-0.39, 0.29) is 13.0 Å². The van der Waals surface area contributed by atoms with Crippen molar-refractivity contribution in [3.05, 3.63) is 28.9 Å². The fourth-order valence-corrected chi connectivity index (χ4v) is 2.94. The van der Waals surface area contributed by atoms with Crippen LogP contribution >= 0.6 is 15.9 Å². The zero-order valence-corrected chi connectivity index (χ0v) is 13.7. The van der Waals surface area contributed by atoms with Crippen LogP contribution in [0, 0.1) is 0 Å². The van der Waals surface area contributed by atoms with Gasteiger partial charge in [0.1, 0.15) is 22.5 Å². The standard InChI is InChI=1S/C15H14BrF3N2O2/c1-22-9-2-3-11-8(4-9)5-12(14(16)21-11)23-10-6-13(20-7-10)15(17,18)19/h2-5,10,13,20H,6-7H2,1H3/t10-,13+/m1/s1. The lowest BCUT2D eigenvalue weighted by molar-refractivity contribution is -0.152. The third kappa shape index (κ3) is 3.53. The van der Waals surface area contributed by atoms with Gasteiger partial charge in [0.15, 0.2) is 5.75 Å². The number of fused-ring (bicyclic) bond motifs is 1. The molecule has 0 aliphatic carbocycles. The van der Waals surface area contributed by atoms with E-state index in [1.54, 1.807) is 31.4 Å². The van der Waals surface area contributed by atoms with Crippen molar-refractivity contribution in [2.45, 2.75) is 24.7 Å². The fourth-order valence-electron chi connectivity index (χ4n) is 2.54. The number of nitrogens with zero attached hydrogens (tertiary/aromatic N) is 1. The first-order valence-corrected chi connectivity index (χ1v) is 7.77. The molecule has 1 aliphatic heterocycles. The van der Waals surface area contributed by atoms with E-state index >= 15 is 0 Å². The van der Waals surface area contributed by atoms with Crippen molar-refractivity contribution in [2.24, 2.45) is 0 Å². The van der Waals surface area contributed by atoms with Crippen LogP contribution in [-0.4, -0.2) is 37.0 Å². The van der Waals surface area contributed by atoms with Crippen molar-refractivity contribution in [1.29, 1.82) is 0 Å². The number of pyridine rings is 1. The minimum atomic E-state index is -4.26. The third-order valence-corrected chi connectivity index (χ3v) is 4.29. The number of halogens is 4. The Hall–Kier alpha value is -1.54. The molecule has 0 radical (unpaired) electrons. The molecular formula is C15H14BrF3N2O2. The maximum absolute atomic E-state index is 12.7. The predicted molar refractivity (Wildman–Crippen MR) is 82.9 cm³/mol. The maximum Gasteiger partial charge on any atom is 0.403 e. The normalized spacial score (nSPS) is 21.6. The first-order chi connectivity index (χ1) is 10.9. The summed E-state index contributed by atoms with van der Waals surface area (Å²) < 4.78 is 49.4. The molecule has 0 bridgehead atoms. The van der Waals surface area contributed by atoms with Crippen LogP contribution < -0.4 is 14.8 Å². The Kier molecular flexibility index (Phi) is 4.37. The van der Waals surface area contributed by atoms with Crippen LogP contribution in [0.3, 0.4) is 0 Å². The number of rotatable bonds is 3. The number of hydrogen-bond donors (Lipinski definition) is 1. The molecule has 0 amide bonds. The Bertz CT molecular complexity index is 724. The highest BCUT2D eigenvalue weighted by Crippen LogP contribution is 2.33. The highest BCUT2D eigenvalue weighted by molar-refractivity contribution is 9.10. The van der Waals surface area contributed by atoms with Gasteiger partial charge in [-0.2, -0.15) is 13.2 Å². The fraction of sp³-hybridized carbons (Fsp3) is 0.400. The van der Waals surface area contributed by atoms with Gasteiger partial charge in [-0.15, -0.1) is 0 Å². The Balaban J connectivity index is 1.81. The van der Waals surface area contributed by atoms with E-state index in [1.807, 2.05) is 0 Å². The third-order valence-electron chi connectivity index (χ3n) is 3.72. The van der Waals surface area contributed by atoms with E-state index in [0.717, 1.165) is 10.9 Å². The molecule has 2 atom stereocenters. The second kappa shape index (κ2) is 6.16. The van der Waals surface area contributed by atoms with Crippen molar-refractivity contribution in [2.75, 3.05) is 13.7 Å². The van der Waals surface area contributed by atoms with Gasteiger partial charge in [0.05, 0.1) is 12.6 Å². The van der Waals surface area contributed by atoms with Crippen molar-refractivity contribution in [3.8, 4) is 11.5 Å². The lowest BCUT2D eigenvalue weighted by Gasteiger charge is -2.16. The number of alkyl halides is 3. The average molecular weight is 391 g/mol. The van der Waals surface area contributed by atoms with Gasteiger partial charge in [0, 0.05) is 18.4 Å². The smallest absolute Gasteiger partial charge is 0.403 e. The van der Waals surface area contributed by atoms with E-state index in [4.69, 9.17) is 9.47 Å². The molecule has 2 aromatic rings. The lowest BCUT2D eigenvalue weighted by Crippen LogP contribution is -2.36. The highest BCUT2D eigenvalue weighted by atomic mass is 79.9. The summed E-state index contributed by atoms with van der Waals surface area (Å²) in [4.78, 5) is 4.35. The van der Waals surface area contributed by atoms with E-state index in [1.165, 1.54) is 0 Å². The lowest BCUT2D eigenvalue weighted by atomic mass is 10.2. The highest BCUT2D eigenvalue weighted by Gasteiger charge is 2.44. The largest absolute Gasteiger partial charge is 0.497 e. The molecule has 1 saturated heterocycles. The Morgan fingerprint density at radius 2 is 2.09 bits per heavy atom. The molecule has 124 valence electrons. The molecule has 2 heterocycles. The Labute approximate surface area is 139 Å². The van der Waals surface area contributed by atoms with Gasteiger partial charge in [0.25, 0.3) is 0 Å². The van der Waals surface area contributed by atoms with Crippen LogP contribution in [0.1, 0.15) is 6.42 Å². The zero-order chi connectivity index (χ0) is 16.6. The van der Waals surface area contributed by atoms with E-state index in [2.05, 4.69) is 26.2 Å². The molecule has 4 nitrogen and oxygen atoms in total. The van der Waals surface area contributed by atoms with Gasteiger partial charge < -0.3 is 14.8 Å². The predicted octanol–water partition coefficient (Wildman–Crippen LogP) is 3.68. The van der Waals surface area contributed by atoms with Gasteiger partial charge in [-0.25, -0.2) is 4.98 Å². The molecular weight excluding hydrogens is 377 g/mol. The Morgan fingerprint density at radius 1 is 1.30 bits per heavy atom. The number of hydrogen-bond acceptors (Lipinski definition) is 4. The SMILES string of the molecule is COc1ccc2nc(Br)c(O[C@H]3CN[C@H](C(F)(F)F)C3)cc2c1. The van der Waals surface area contributed by atoms with Gasteiger partial charge in [-0.1, -0.05) is 0 Å². The quantitative estimate of drug-likeness (QED) is 0.811. The monoisotopic (exact) mass is 390 g/mol. The van der Waals surface area contributed by atoms with Crippen molar-refractivity contribution >= 4 is 26.8 Å². The number of methoxy groups -OCH3 is 1. The second-order valence-electron chi connectivity index (χ2n) is 5.31. The topological polar surface area (TPSA) is 43.4 Å². The summed E-state index contributed by atoms with van der Waals surface area (Å²) in [5, 5.41) is 3.23. The van der Waals surface area contributed by atoms with Crippen LogP contribution in [0.2, 0.25) is 0 Å². The number of benzene rings is 1. The van der Waals surface area contributed by atoms with E-state index in [0.29, 0.717) is 16.1 Å². The molecule has 1 aliphatic rings. The van der Waals surface area contributed by atoms with Gasteiger partial charge in [-0.05, 0) is 40.2 Å². The Morgan fingerprint density at radius 3 is 2.74 bits per heavy atom. The number of ether oxygens (including phenoxy) is 2. The molecule has 0 saturated carbocycles. The molecule has 1 aromatic heterocycles. The molecule has 0 unspecified atom stereocenters. The van der Waals surface area contributed by atoms with Crippen LogP contribution in [0.25, 0.3) is 10.9 Å². The summed E-state index contributed by atoms with van der Waals surface area (Å²) >= 11 is 3.30. The van der Waals surface area contributed by atoms with Crippen LogP contribution in [0.5, 0.6) is 11.5 Å². The summed E-state index contributed by atoms with van der Waals surface area (Å²) in [5.41, 5.74) is 0.739. The van der Waals surface area contributed by atoms with Gasteiger partial charge in [0.2, 0.25) is 0 Å². The van der Waals surface area contributed by atoms with Crippen LogP contribution in [0.4, 0.5) is 13.2 Å². The number of aromatic nitrogens is 1.